The van der Waals surface area contributed by atoms with Crippen LogP contribution in [0.15, 0.2) is 46.1 Å². The predicted molar refractivity (Wildman–Crippen MR) is 120 cm³/mol. The van der Waals surface area contributed by atoms with Crippen LogP contribution in [0.5, 0.6) is 0 Å². The van der Waals surface area contributed by atoms with Crippen LogP contribution in [0.3, 0.4) is 0 Å². The Kier molecular flexibility index (Phi) is 10.3. The Balaban J connectivity index is 2.40. The third-order valence-electron chi connectivity index (χ3n) is 6.31. The van der Waals surface area contributed by atoms with Crippen molar-refractivity contribution in [3.63, 3.8) is 0 Å². The maximum absolute atomic E-state index is 2.48. The van der Waals surface area contributed by atoms with Gasteiger partial charge in [0.2, 0.25) is 0 Å². The van der Waals surface area contributed by atoms with E-state index in [2.05, 4.69) is 66.7 Å². The van der Waals surface area contributed by atoms with E-state index in [0.29, 0.717) is 5.41 Å². The van der Waals surface area contributed by atoms with Crippen LogP contribution in [0.2, 0.25) is 0 Å². The highest BCUT2D eigenvalue weighted by molar-refractivity contribution is 5.23. The maximum atomic E-state index is 2.48. The van der Waals surface area contributed by atoms with Crippen molar-refractivity contribution in [1.82, 2.24) is 0 Å². The fraction of sp³-hybridized carbons (Fsp3) is 0.692. The molecule has 1 aliphatic rings. The molecule has 26 heavy (non-hydrogen) atoms. The zero-order valence-electron chi connectivity index (χ0n) is 18.8. The lowest BCUT2D eigenvalue weighted by molar-refractivity contribution is 0.354. The first-order valence-corrected chi connectivity index (χ1v) is 10.9. The molecule has 148 valence electrons. The number of rotatable bonds is 10. The molecule has 0 spiro atoms. The zero-order chi connectivity index (χ0) is 19.6. The first kappa shape index (κ1) is 23.0. The lowest BCUT2D eigenvalue weighted by Crippen LogP contribution is -2.20. The summed E-state index contributed by atoms with van der Waals surface area (Å²) in [5, 5.41) is 0. The normalized spacial score (nSPS) is 19.3. The first-order chi connectivity index (χ1) is 12.3. The molecule has 0 N–H and O–H groups in total. The SMILES string of the molecule is C/C=C(\CC)CC/C=C(\C)CC/C=C(\C)CCC1=C(C)CCCC1(C)C. The van der Waals surface area contributed by atoms with Crippen LogP contribution < -0.4 is 0 Å². The van der Waals surface area contributed by atoms with E-state index in [-0.39, 0.29) is 0 Å². The minimum atomic E-state index is 0.423. The molecule has 0 unspecified atom stereocenters. The van der Waals surface area contributed by atoms with Crippen molar-refractivity contribution in [2.24, 2.45) is 5.41 Å². The quantitative estimate of drug-likeness (QED) is 0.342. The average Bonchev–Trinajstić information content (AvgIpc) is 2.57. The van der Waals surface area contributed by atoms with Gasteiger partial charge in [-0.3, -0.25) is 0 Å². The fourth-order valence-electron chi connectivity index (χ4n) is 4.33. The zero-order valence-corrected chi connectivity index (χ0v) is 18.8. The third kappa shape index (κ3) is 8.11. The Morgan fingerprint density at radius 1 is 1.00 bits per heavy atom. The monoisotopic (exact) mass is 356 g/mol. The molecule has 0 bridgehead atoms. The topological polar surface area (TPSA) is 0 Å². The van der Waals surface area contributed by atoms with E-state index < -0.39 is 0 Å². The second-order valence-corrected chi connectivity index (χ2v) is 8.98. The summed E-state index contributed by atoms with van der Waals surface area (Å²) in [6.07, 6.45) is 19.8. The minimum absolute atomic E-state index is 0.423. The van der Waals surface area contributed by atoms with Gasteiger partial charge in [-0.05, 0) is 97.3 Å². The summed E-state index contributed by atoms with van der Waals surface area (Å²) in [6.45, 7) is 16.3. The van der Waals surface area contributed by atoms with Crippen molar-refractivity contribution in [3.8, 4) is 0 Å². The molecule has 0 aromatic heterocycles. The molecule has 0 radical (unpaired) electrons. The highest BCUT2D eigenvalue weighted by atomic mass is 14.3. The van der Waals surface area contributed by atoms with Gasteiger partial charge in [-0.25, -0.2) is 0 Å². The van der Waals surface area contributed by atoms with Gasteiger partial charge in [0, 0.05) is 0 Å². The summed E-state index contributed by atoms with van der Waals surface area (Å²) in [6, 6.07) is 0. The van der Waals surface area contributed by atoms with Gasteiger partial charge in [0.25, 0.3) is 0 Å². The molecule has 0 saturated carbocycles. The summed E-state index contributed by atoms with van der Waals surface area (Å²) in [7, 11) is 0. The van der Waals surface area contributed by atoms with E-state index >= 15 is 0 Å². The van der Waals surface area contributed by atoms with Crippen molar-refractivity contribution in [3.05, 3.63) is 46.1 Å². The van der Waals surface area contributed by atoms with Gasteiger partial charge in [0.1, 0.15) is 0 Å². The molecule has 0 aliphatic heterocycles. The molecule has 1 aliphatic carbocycles. The smallest absolute Gasteiger partial charge is 0.0142 e. The lowest BCUT2D eigenvalue weighted by Gasteiger charge is -2.35. The fourth-order valence-corrected chi connectivity index (χ4v) is 4.33. The van der Waals surface area contributed by atoms with Crippen LogP contribution >= 0.6 is 0 Å². The van der Waals surface area contributed by atoms with E-state index in [1.54, 1.807) is 27.9 Å². The molecular weight excluding hydrogens is 312 g/mol. The van der Waals surface area contributed by atoms with Crippen LogP contribution in [0.1, 0.15) is 113 Å². The molecule has 0 heteroatoms. The molecule has 1 rings (SSSR count). The van der Waals surface area contributed by atoms with Crippen molar-refractivity contribution in [2.75, 3.05) is 0 Å². The van der Waals surface area contributed by atoms with Crippen LogP contribution in [0, 0.1) is 5.41 Å². The van der Waals surface area contributed by atoms with Crippen molar-refractivity contribution < 1.29 is 0 Å². The van der Waals surface area contributed by atoms with Crippen LogP contribution in [-0.2, 0) is 0 Å². The van der Waals surface area contributed by atoms with Crippen LogP contribution in [0.25, 0.3) is 0 Å². The lowest BCUT2D eigenvalue weighted by atomic mass is 9.71. The molecule has 0 amide bonds. The molecular formula is C26H44. The van der Waals surface area contributed by atoms with Crippen LogP contribution in [-0.4, -0.2) is 0 Å². The predicted octanol–water partition coefficient (Wildman–Crippen LogP) is 9.10. The van der Waals surface area contributed by atoms with Gasteiger partial charge < -0.3 is 0 Å². The Labute approximate surface area is 164 Å². The van der Waals surface area contributed by atoms with E-state index in [1.165, 1.54) is 64.2 Å². The Morgan fingerprint density at radius 2 is 1.62 bits per heavy atom. The molecule has 0 fully saturated rings. The summed E-state index contributed by atoms with van der Waals surface area (Å²) in [5.41, 5.74) is 8.53. The highest BCUT2D eigenvalue weighted by Gasteiger charge is 2.27. The van der Waals surface area contributed by atoms with Crippen LogP contribution in [0.4, 0.5) is 0 Å². The molecule has 0 aromatic rings. The first-order valence-electron chi connectivity index (χ1n) is 10.9. The van der Waals surface area contributed by atoms with Gasteiger partial charge in [0.05, 0.1) is 0 Å². The highest BCUT2D eigenvalue weighted by Crippen LogP contribution is 2.42. The molecule has 0 aromatic carbocycles. The van der Waals surface area contributed by atoms with E-state index in [4.69, 9.17) is 0 Å². The van der Waals surface area contributed by atoms with E-state index in [1.807, 2.05) is 0 Å². The van der Waals surface area contributed by atoms with Gasteiger partial charge in [-0.15, -0.1) is 0 Å². The largest absolute Gasteiger partial charge is 0.0885 e. The third-order valence-corrected chi connectivity index (χ3v) is 6.31. The van der Waals surface area contributed by atoms with Gasteiger partial charge in [0.15, 0.2) is 0 Å². The number of allylic oxidation sites excluding steroid dienone is 8. The number of hydrogen-bond acceptors (Lipinski definition) is 0. The second-order valence-electron chi connectivity index (χ2n) is 8.98. The van der Waals surface area contributed by atoms with E-state index in [9.17, 15) is 0 Å². The van der Waals surface area contributed by atoms with Gasteiger partial charge in [-0.2, -0.15) is 0 Å². The summed E-state index contributed by atoms with van der Waals surface area (Å²) in [5.74, 6) is 0. The Bertz CT molecular complexity index is 549. The molecule has 0 atom stereocenters. The van der Waals surface area contributed by atoms with Gasteiger partial charge >= 0.3 is 0 Å². The molecule has 0 heterocycles. The Morgan fingerprint density at radius 3 is 2.19 bits per heavy atom. The second kappa shape index (κ2) is 11.6. The summed E-state index contributed by atoms with van der Waals surface area (Å²) >= 11 is 0. The van der Waals surface area contributed by atoms with Crippen molar-refractivity contribution in [1.29, 1.82) is 0 Å². The molecule has 0 saturated heterocycles. The average molecular weight is 357 g/mol. The maximum Gasteiger partial charge on any atom is -0.0142 e. The van der Waals surface area contributed by atoms with Gasteiger partial charge in [-0.1, -0.05) is 66.9 Å². The van der Waals surface area contributed by atoms with Crippen molar-refractivity contribution in [2.45, 2.75) is 113 Å². The molecule has 0 nitrogen and oxygen atoms in total. The summed E-state index contributed by atoms with van der Waals surface area (Å²) in [4.78, 5) is 0. The number of hydrogen-bond donors (Lipinski definition) is 0. The summed E-state index contributed by atoms with van der Waals surface area (Å²) < 4.78 is 0. The van der Waals surface area contributed by atoms with E-state index in [0.717, 1.165) is 0 Å². The minimum Gasteiger partial charge on any atom is -0.0885 e. The van der Waals surface area contributed by atoms with Crippen molar-refractivity contribution >= 4 is 0 Å². The Hall–Kier alpha value is -1.04. The standard InChI is InChI=1S/C26H44/c1-8-24(9-2)17-11-15-21(3)13-10-14-22(4)18-19-25-23(5)16-12-20-26(25,6)7/h8,14-15H,9-13,16-20H2,1-7H3/b21-15+,22-14+,24-8+.